The van der Waals surface area contributed by atoms with Crippen LogP contribution in [0.5, 0.6) is 0 Å². The summed E-state index contributed by atoms with van der Waals surface area (Å²) in [5.74, 6) is 1.19. The molecule has 0 amide bonds. The number of benzene rings is 3. The summed E-state index contributed by atoms with van der Waals surface area (Å²) in [4.78, 5) is 0. The number of halogens is 1. The number of allylic oxidation sites excluding steroid dienone is 1. The highest BCUT2D eigenvalue weighted by Crippen LogP contribution is 2.37. The molecule has 3 aromatic rings. The summed E-state index contributed by atoms with van der Waals surface area (Å²) >= 11 is 0. The van der Waals surface area contributed by atoms with Gasteiger partial charge < -0.3 is 0 Å². The van der Waals surface area contributed by atoms with Crippen LogP contribution in [0.15, 0.2) is 67.3 Å². The molecule has 4 rings (SSSR count). The van der Waals surface area contributed by atoms with Crippen LogP contribution in [0.4, 0.5) is 4.39 Å². The summed E-state index contributed by atoms with van der Waals surface area (Å²) in [5.41, 5.74) is 4.27. The van der Waals surface area contributed by atoms with Crippen molar-refractivity contribution in [2.45, 2.75) is 44.9 Å². The molecule has 1 aliphatic carbocycles. The third kappa shape index (κ3) is 3.56. The summed E-state index contributed by atoms with van der Waals surface area (Å²) in [6.07, 6.45) is 7.98. The Labute approximate surface area is 161 Å². The van der Waals surface area contributed by atoms with Crippen LogP contribution in [0.3, 0.4) is 0 Å². The number of aryl methyl sites for hydroxylation is 1. The molecule has 0 bridgehead atoms. The minimum absolute atomic E-state index is 0.116. The predicted octanol–water partition coefficient (Wildman–Crippen LogP) is 7.67. The van der Waals surface area contributed by atoms with Crippen molar-refractivity contribution < 1.29 is 4.39 Å². The van der Waals surface area contributed by atoms with E-state index in [0.29, 0.717) is 22.8 Å². The first-order valence-electron chi connectivity index (χ1n) is 10.1. The molecule has 138 valence electrons. The molecule has 1 saturated carbocycles. The molecular weight excluding hydrogens is 331 g/mol. The molecular formula is C26H27F. The Hall–Kier alpha value is -2.41. The quantitative estimate of drug-likeness (QED) is 0.420. The summed E-state index contributed by atoms with van der Waals surface area (Å²) in [5, 5.41) is 1.68. The first kappa shape index (κ1) is 18.0. The minimum Gasteiger partial charge on any atom is -0.206 e. The van der Waals surface area contributed by atoms with Crippen LogP contribution in [0.25, 0.3) is 21.9 Å². The van der Waals surface area contributed by atoms with Crippen LogP contribution in [0, 0.1) is 11.7 Å². The van der Waals surface area contributed by atoms with Crippen LogP contribution < -0.4 is 0 Å². The van der Waals surface area contributed by atoms with Crippen LogP contribution >= 0.6 is 0 Å². The van der Waals surface area contributed by atoms with Gasteiger partial charge in [-0.1, -0.05) is 67.6 Å². The van der Waals surface area contributed by atoms with Crippen molar-refractivity contribution in [1.29, 1.82) is 0 Å². The van der Waals surface area contributed by atoms with E-state index in [1.54, 1.807) is 0 Å². The van der Waals surface area contributed by atoms with Crippen molar-refractivity contribution in [2.24, 2.45) is 5.92 Å². The van der Waals surface area contributed by atoms with E-state index >= 15 is 4.39 Å². The molecule has 1 heteroatoms. The lowest BCUT2D eigenvalue weighted by atomic mass is 9.78. The number of rotatable bonds is 4. The molecule has 0 radical (unpaired) electrons. The molecule has 1 aliphatic rings. The highest BCUT2D eigenvalue weighted by Gasteiger charge is 2.20. The van der Waals surface area contributed by atoms with Gasteiger partial charge >= 0.3 is 0 Å². The third-order valence-electron chi connectivity index (χ3n) is 6.22. The third-order valence-corrected chi connectivity index (χ3v) is 6.22. The monoisotopic (exact) mass is 358 g/mol. The van der Waals surface area contributed by atoms with E-state index in [4.69, 9.17) is 0 Å². The minimum atomic E-state index is -0.116. The van der Waals surface area contributed by atoms with E-state index in [2.05, 4.69) is 49.9 Å². The standard InChI is InChI=1S/C26H27F/c1-3-18-5-8-20(9-6-18)21-10-12-22(13-11-21)24-16-14-23-17-19(4-2)7-15-25(23)26(24)27/h3,7,10-18,20H,1,4-6,8-9H2,2H3. The molecule has 0 aliphatic heterocycles. The Balaban J connectivity index is 1.60. The molecule has 0 saturated heterocycles. The van der Waals surface area contributed by atoms with Gasteiger partial charge in [-0.25, -0.2) is 4.39 Å². The molecule has 1 fully saturated rings. The maximum atomic E-state index is 15.1. The first-order chi connectivity index (χ1) is 13.2. The van der Waals surface area contributed by atoms with Crippen molar-refractivity contribution in [1.82, 2.24) is 0 Å². The van der Waals surface area contributed by atoms with Crippen LogP contribution in [-0.2, 0) is 6.42 Å². The SMILES string of the molecule is C=CC1CCC(c2ccc(-c3ccc4cc(CC)ccc4c3F)cc2)CC1. The van der Waals surface area contributed by atoms with Crippen LogP contribution in [0.1, 0.15) is 49.7 Å². The highest BCUT2D eigenvalue weighted by atomic mass is 19.1. The topological polar surface area (TPSA) is 0 Å². The molecule has 27 heavy (non-hydrogen) atoms. The molecule has 0 aromatic heterocycles. The Bertz CT molecular complexity index is 944. The smallest absolute Gasteiger partial charge is 0.138 e. The van der Waals surface area contributed by atoms with Gasteiger partial charge in [-0.05, 0) is 66.0 Å². The fourth-order valence-corrected chi connectivity index (χ4v) is 4.41. The predicted molar refractivity (Wildman–Crippen MR) is 114 cm³/mol. The summed E-state index contributed by atoms with van der Waals surface area (Å²) in [6, 6.07) is 18.5. The zero-order valence-electron chi connectivity index (χ0n) is 16.0. The number of hydrogen-bond acceptors (Lipinski definition) is 0. The molecule has 0 nitrogen and oxygen atoms in total. The Kier molecular flexibility index (Phi) is 5.11. The average molecular weight is 359 g/mol. The van der Waals surface area contributed by atoms with E-state index in [1.807, 2.05) is 24.3 Å². The Morgan fingerprint density at radius 1 is 0.963 bits per heavy atom. The molecule has 0 unspecified atom stereocenters. The molecule has 0 heterocycles. The summed E-state index contributed by atoms with van der Waals surface area (Å²) in [6.45, 7) is 6.05. The fourth-order valence-electron chi connectivity index (χ4n) is 4.41. The van der Waals surface area contributed by atoms with E-state index < -0.39 is 0 Å². The van der Waals surface area contributed by atoms with Crippen molar-refractivity contribution in [3.8, 4) is 11.1 Å². The van der Waals surface area contributed by atoms with Gasteiger partial charge in [-0.2, -0.15) is 0 Å². The second-order valence-corrected chi connectivity index (χ2v) is 7.81. The van der Waals surface area contributed by atoms with Gasteiger partial charge in [0.1, 0.15) is 5.82 Å². The first-order valence-corrected chi connectivity index (χ1v) is 10.1. The lowest BCUT2D eigenvalue weighted by Crippen LogP contribution is -2.11. The largest absolute Gasteiger partial charge is 0.206 e. The summed E-state index contributed by atoms with van der Waals surface area (Å²) in [7, 11) is 0. The van der Waals surface area contributed by atoms with Crippen molar-refractivity contribution in [3.05, 3.63) is 84.2 Å². The van der Waals surface area contributed by atoms with Gasteiger partial charge in [0.15, 0.2) is 0 Å². The van der Waals surface area contributed by atoms with Crippen molar-refractivity contribution >= 4 is 10.8 Å². The van der Waals surface area contributed by atoms with E-state index in [1.165, 1.54) is 36.8 Å². The average Bonchev–Trinajstić information content (AvgIpc) is 2.74. The van der Waals surface area contributed by atoms with Gasteiger partial charge in [0, 0.05) is 10.9 Å². The molecule has 0 N–H and O–H groups in total. The Morgan fingerprint density at radius 2 is 1.70 bits per heavy atom. The lowest BCUT2D eigenvalue weighted by molar-refractivity contribution is 0.376. The highest BCUT2D eigenvalue weighted by molar-refractivity contribution is 5.88. The van der Waals surface area contributed by atoms with Crippen LogP contribution in [-0.4, -0.2) is 0 Å². The maximum absolute atomic E-state index is 15.1. The molecule has 0 atom stereocenters. The maximum Gasteiger partial charge on any atom is 0.138 e. The van der Waals surface area contributed by atoms with Gasteiger partial charge in [0.05, 0.1) is 0 Å². The van der Waals surface area contributed by atoms with Gasteiger partial charge in [-0.15, -0.1) is 6.58 Å². The fraction of sp³-hybridized carbons (Fsp3) is 0.308. The number of hydrogen-bond donors (Lipinski definition) is 0. The van der Waals surface area contributed by atoms with Crippen molar-refractivity contribution in [2.75, 3.05) is 0 Å². The second-order valence-electron chi connectivity index (χ2n) is 7.81. The lowest BCUT2D eigenvalue weighted by Gasteiger charge is -2.27. The summed E-state index contributed by atoms with van der Waals surface area (Å²) < 4.78 is 15.1. The zero-order valence-corrected chi connectivity index (χ0v) is 16.0. The van der Waals surface area contributed by atoms with Crippen LogP contribution in [0.2, 0.25) is 0 Å². The van der Waals surface area contributed by atoms with E-state index in [-0.39, 0.29) is 5.82 Å². The number of fused-ring (bicyclic) bond motifs is 1. The van der Waals surface area contributed by atoms with Gasteiger partial charge in [0.25, 0.3) is 0 Å². The Morgan fingerprint density at radius 3 is 2.37 bits per heavy atom. The van der Waals surface area contributed by atoms with Gasteiger partial charge in [0.2, 0.25) is 0 Å². The zero-order chi connectivity index (χ0) is 18.8. The normalized spacial score (nSPS) is 19.9. The van der Waals surface area contributed by atoms with E-state index in [0.717, 1.165) is 17.4 Å². The molecule has 3 aromatic carbocycles. The molecule has 0 spiro atoms. The van der Waals surface area contributed by atoms with E-state index in [9.17, 15) is 0 Å². The van der Waals surface area contributed by atoms with Gasteiger partial charge in [-0.3, -0.25) is 0 Å². The van der Waals surface area contributed by atoms with Crippen molar-refractivity contribution in [3.63, 3.8) is 0 Å². The second kappa shape index (κ2) is 7.68.